The lowest BCUT2D eigenvalue weighted by molar-refractivity contribution is -0.116. The van der Waals surface area contributed by atoms with Crippen molar-refractivity contribution in [3.63, 3.8) is 0 Å². The van der Waals surface area contributed by atoms with Crippen LogP contribution in [0.5, 0.6) is 0 Å². The molecule has 2 aliphatic heterocycles. The summed E-state index contributed by atoms with van der Waals surface area (Å²) in [6, 6.07) is 6.21. The van der Waals surface area contributed by atoms with E-state index in [1.165, 1.54) is 5.56 Å². The lowest BCUT2D eigenvalue weighted by Gasteiger charge is -2.36. The quantitative estimate of drug-likeness (QED) is 0.883. The molecule has 0 radical (unpaired) electrons. The molecule has 1 fully saturated rings. The van der Waals surface area contributed by atoms with Crippen LogP contribution in [0.2, 0.25) is 0 Å². The van der Waals surface area contributed by atoms with E-state index in [0.29, 0.717) is 25.2 Å². The summed E-state index contributed by atoms with van der Waals surface area (Å²) in [5.74, 6) is 0.129. The lowest BCUT2D eigenvalue weighted by atomic mass is 10.0. The van der Waals surface area contributed by atoms with Crippen LogP contribution in [-0.2, 0) is 11.2 Å². The Labute approximate surface area is 156 Å². The molecule has 1 aromatic carbocycles. The predicted molar refractivity (Wildman–Crippen MR) is 103 cm³/mol. The average molecular weight is 370 g/mol. The molecule has 1 N–H and O–H groups in total. The van der Waals surface area contributed by atoms with Gasteiger partial charge in [0.2, 0.25) is 5.91 Å². The number of carbonyl (C=O) groups is 2. The summed E-state index contributed by atoms with van der Waals surface area (Å²) in [6.07, 6.45) is 1.33. The van der Waals surface area contributed by atoms with Crippen LogP contribution in [0, 0.1) is 13.8 Å². The van der Waals surface area contributed by atoms with Gasteiger partial charge in [0.25, 0.3) is 5.91 Å². The third-order valence-corrected chi connectivity index (χ3v) is 5.91. The monoisotopic (exact) mass is 370 g/mol. The lowest BCUT2D eigenvalue weighted by Crippen LogP contribution is -2.49. The van der Waals surface area contributed by atoms with Crippen LogP contribution in [0.1, 0.15) is 32.4 Å². The highest BCUT2D eigenvalue weighted by molar-refractivity contribution is 7.11. The Hall–Kier alpha value is -2.41. The zero-order chi connectivity index (χ0) is 18.3. The van der Waals surface area contributed by atoms with Crippen molar-refractivity contribution in [3.8, 4) is 0 Å². The molecule has 3 heterocycles. The van der Waals surface area contributed by atoms with Gasteiger partial charge < -0.3 is 15.1 Å². The standard InChI is InChI=1S/C19H22N4O2S/c1-12-18(20-13(2)26-12)19(25)23-9-7-22(8-10-23)15-4-5-16-14(11-15)3-6-17(24)21-16/h4-5,11H,3,6-10H2,1-2H3,(H,21,24). The summed E-state index contributed by atoms with van der Waals surface area (Å²) in [4.78, 5) is 33.8. The minimum Gasteiger partial charge on any atom is -0.368 e. The average Bonchev–Trinajstić information content (AvgIpc) is 2.99. The van der Waals surface area contributed by atoms with Gasteiger partial charge in [-0.1, -0.05) is 0 Å². The molecule has 2 aromatic rings. The fraction of sp³-hybridized carbons (Fsp3) is 0.421. The summed E-state index contributed by atoms with van der Waals surface area (Å²) in [7, 11) is 0. The molecule has 2 aliphatic rings. The Kier molecular flexibility index (Phi) is 4.40. The molecule has 0 unspecified atom stereocenters. The van der Waals surface area contributed by atoms with Crippen LogP contribution in [0.25, 0.3) is 0 Å². The first-order valence-corrected chi connectivity index (χ1v) is 9.74. The number of benzene rings is 1. The maximum absolute atomic E-state index is 12.7. The number of nitrogens with zero attached hydrogens (tertiary/aromatic N) is 3. The van der Waals surface area contributed by atoms with Gasteiger partial charge in [0.1, 0.15) is 5.69 Å². The number of thiazole rings is 1. The molecule has 2 amide bonds. The minimum atomic E-state index is 0.0413. The number of anilines is 2. The number of carbonyl (C=O) groups excluding carboxylic acids is 2. The number of hydrogen-bond donors (Lipinski definition) is 1. The highest BCUT2D eigenvalue weighted by atomic mass is 32.1. The third kappa shape index (κ3) is 3.19. The van der Waals surface area contributed by atoms with Crippen molar-refractivity contribution in [3.05, 3.63) is 39.3 Å². The number of aromatic nitrogens is 1. The van der Waals surface area contributed by atoms with Gasteiger partial charge in [-0.15, -0.1) is 11.3 Å². The molecule has 0 spiro atoms. The normalized spacial score (nSPS) is 17.1. The van der Waals surface area contributed by atoms with Gasteiger partial charge in [-0.3, -0.25) is 9.59 Å². The highest BCUT2D eigenvalue weighted by Gasteiger charge is 2.26. The highest BCUT2D eigenvalue weighted by Crippen LogP contribution is 2.28. The molecule has 6 nitrogen and oxygen atoms in total. The summed E-state index contributed by atoms with van der Waals surface area (Å²) in [6.45, 7) is 6.90. The van der Waals surface area contributed by atoms with Crippen molar-refractivity contribution < 1.29 is 9.59 Å². The number of fused-ring (bicyclic) bond motifs is 1. The number of amides is 2. The van der Waals surface area contributed by atoms with Gasteiger partial charge in [0.15, 0.2) is 0 Å². The zero-order valence-electron chi connectivity index (χ0n) is 15.0. The first-order valence-electron chi connectivity index (χ1n) is 8.92. The third-order valence-electron chi connectivity index (χ3n) is 5.02. The summed E-state index contributed by atoms with van der Waals surface area (Å²) >= 11 is 1.57. The molecule has 0 saturated carbocycles. The van der Waals surface area contributed by atoms with Crippen molar-refractivity contribution >= 4 is 34.5 Å². The summed E-state index contributed by atoms with van der Waals surface area (Å²) in [5.41, 5.74) is 3.88. The smallest absolute Gasteiger partial charge is 0.273 e. The molecule has 0 atom stereocenters. The van der Waals surface area contributed by atoms with Gasteiger partial charge in [-0.05, 0) is 44.0 Å². The van der Waals surface area contributed by atoms with E-state index in [0.717, 1.165) is 40.8 Å². The number of aryl methyl sites for hydroxylation is 3. The van der Waals surface area contributed by atoms with Gasteiger partial charge in [0, 0.05) is 48.9 Å². The van der Waals surface area contributed by atoms with Crippen LogP contribution in [0.4, 0.5) is 11.4 Å². The predicted octanol–water partition coefficient (Wildman–Crippen LogP) is 2.61. The Morgan fingerprint density at radius 1 is 1.15 bits per heavy atom. The van der Waals surface area contributed by atoms with E-state index < -0.39 is 0 Å². The molecule has 1 saturated heterocycles. The fourth-order valence-corrected chi connectivity index (χ4v) is 4.42. The van der Waals surface area contributed by atoms with E-state index in [9.17, 15) is 9.59 Å². The molecule has 1 aromatic heterocycles. The van der Waals surface area contributed by atoms with Crippen LogP contribution in [-0.4, -0.2) is 47.9 Å². The number of hydrogen-bond acceptors (Lipinski definition) is 5. The molecule has 0 bridgehead atoms. The molecular weight excluding hydrogens is 348 g/mol. The van der Waals surface area contributed by atoms with Crippen molar-refractivity contribution in [1.29, 1.82) is 0 Å². The van der Waals surface area contributed by atoms with Gasteiger partial charge >= 0.3 is 0 Å². The van der Waals surface area contributed by atoms with Gasteiger partial charge in [-0.2, -0.15) is 0 Å². The van der Waals surface area contributed by atoms with Crippen molar-refractivity contribution in [2.75, 3.05) is 36.4 Å². The van der Waals surface area contributed by atoms with Crippen molar-refractivity contribution in [2.24, 2.45) is 0 Å². The number of piperazine rings is 1. The molecule has 4 rings (SSSR count). The molecule has 0 aliphatic carbocycles. The number of nitrogens with one attached hydrogen (secondary N) is 1. The summed E-state index contributed by atoms with van der Waals surface area (Å²) < 4.78 is 0. The van der Waals surface area contributed by atoms with E-state index in [4.69, 9.17) is 0 Å². The Morgan fingerprint density at radius 2 is 1.92 bits per heavy atom. The Morgan fingerprint density at radius 3 is 2.62 bits per heavy atom. The zero-order valence-corrected chi connectivity index (χ0v) is 15.9. The van der Waals surface area contributed by atoms with Gasteiger partial charge in [0.05, 0.1) is 5.01 Å². The SMILES string of the molecule is Cc1nc(C(=O)N2CCN(c3ccc4c(c3)CCC(=O)N4)CC2)c(C)s1. The minimum absolute atomic E-state index is 0.0413. The second kappa shape index (κ2) is 6.72. The van der Waals surface area contributed by atoms with Gasteiger partial charge in [-0.25, -0.2) is 4.98 Å². The maximum Gasteiger partial charge on any atom is 0.273 e. The maximum atomic E-state index is 12.7. The van der Waals surface area contributed by atoms with Crippen LogP contribution < -0.4 is 10.2 Å². The van der Waals surface area contributed by atoms with E-state index >= 15 is 0 Å². The van der Waals surface area contributed by atoms with Crippen molar-refractivity contribution in [1.82, 2.24) is 9.88 Å². The second-order valence-electron chi connectivity index (χ2n) is 6.81. The Balaban J connectivity index is 1.43. The molecule has 26 heavy (non-hydrogen) atoms. The molecule has 7 heteroatoms. The van der Waals surface area contributed by atoms with Crippen LogP contribution >= 0.6 is 11.3 Å². The van der Waals surface area contributed by atoms with Crippen molar-refractivity contribution in [2.45, 2.75) is 26.7 Å². The first kappa shape index (κ1) is 17.0. The van der Waals surface area contributed by atoms with E-state index in [1.807, 2.05) is 24.8 Å². The topological polar surface area (TPSA) is 65.5 Å². The molecule has 136 valence electrons. The van der Waals surface area contributed by atoms with Crippen LogP contribution in [0.3, 0.4) is 0 Å². The van der Waals surface area contributed by atoms with E-state index in [2.05, 4.69) is 27.3 Å². The largest absolute Gasteiger partial charge is 0.368 e. The second-order valence-corrected chi connectivity index (χ2v) is 8.21. The van der Waals surface area contributed by atoms with E-state index in [-0.39, 0.29) is 11.8 Å². The Bertz CT molecular complexity index is 868. The van der Waals surface area contributed by atoms with Crippen LogP contribution in [0.15, 0.2) is 18.2 Å². The fourth-order valence-electron chi connectivity index (χ4n) is 3.61. The van der Waals surface area contributed by atoms with E-state index in [1.54, 1.807) is 11.3 Å². The first-order chi connectivity index (χ1) is 12.5. The number of rotatable bonds is 2. The molecular formula is C19H22N4O2S. The summed E-state index contributed by atoms with van der Waals surface area (Å²) in [5, 5.41) is 3.86.